The molecule has 0 radical (unpaired) electrons. The summed E-state index contributed by atoms with van der Waals surface area (Å²) < 4.78 is 10.4. The molecular weight excluding hydrogens is 901 g/mol. The number of imidazole rings is 4. The van der Waals surface area contributed by atoms with E-state index < -0.39 is 0 Å². The van der Waals surface area contributed by atoms with Crippen LogP contribution in [0, 0.1) is 27.7 Å². The van der Waals surface area contributed by atoms with E-state index in [1.165, 1.54) is 197 Å². The van der Waals surface area contributed by atoms with Crippen molar-refractivity contribution in [3.63, 3.8) is 0 Å². The van der Waals surface area contributed by atoms with Crippen molar-refractivity contribution in [3.8, 4) is 22.3 Å². The van der Waals surface area contributed by atoms with Crippen LogP contribution < -0.4 is 0 Å². The fourth-order valence-electron chi connectivity index (χ4n) is 14.8. The minimum Gasteiger partial charge on any atom is -0.277 e. The van der Waals surface area contributed by atoms with Gasteiger partial charge in [0.1, 0.15) is 0 Å². The van der Waals surface area contributed by atoms with E-state index in [0.29, 0.717) is 11.8 Å². The van der Waals surface area contributed by atoms with Gasteiger partial charge in [0.2, 0.25) is 11.6 Å². The average molecular weight is 969 g/mol. The summed E-state index contributed by atoms with van der Waals surface area (Å²) in [6.07, 6.45) is 12.9. The number of benzene rings is 7. The van der Waals surface area contributed by atoms with Crippen molar-refractivity contribution in [2.24, 2.45) is 0 Å². The summed E-state index contributed by atoms with van der Waals surface area (Å²) in [6.45, 7) is 23.3. The Kier molecular flexibility index (Phi) is 9.24. The van der Waals surface area contributed by atoms with Crippen LogP contribution in [-0.2, 0) is 10.8 Å². The second-order valence-electron chi connectivity index (χ2n) is 25.3. The molecule has 2 saturated carbocycles. The van der Waals surface area contributed by atoms with E-state index in [1.54, 1.807) is 0 Å². The van der Waals surface area contributed by atoms with E-state index in [4.69, 9.17) is 9.97 Å². The van der Waals surface area contributed by atoms with Gasteiger partial charge in [-0.05, 0) is 180 Å². The van der Waals surface area contributed by atoms with Gasteiger partial charge in [-0.2, -0.15) is 0 Å². The van der Waals surface area contributed by atoms with Gasteiger partial charge >= 0.3 is 0 Å². The molecule has 2 aliphatic carbocycles. The summed E-state index contributed by atoms with van der Waals surface area (Å²) in [5, 5.41) is 5.26. The second kappa shape index (κ2) is 15.3. The first-order valence-electron chi connectivity index (χ1n) is 28.1. The SMILES string of the molecule is Cc1cccc(C)c1-c1cc(C(C)(C)C)cc2c1nc1n2c2c3c4cc(C5CCCCC5)ccc4n4c3c(c3c5cc(C6CCCCC6)ccc5n1c32)n1c2cc(C(C)(C)C)cc(-c3c(C)cccc3C)c2nc14. The molecule has 0 saturated heterocycles. The van der Waals surface area contributed by atoms with Crippen molar-refractivity contribution in [3.05, 3.63) is 142 Å². The van der Waals surface area contributed by atoms with Crippen LogP contribution in [0.1, 0.15) is 162 Å². The predicted octanol–water partition coefficient (Wildman–Crippen LogP) is 18.5. The van der Waals surface area contributed by atoms with E-state index in [2.05, 4.69) is 184 Å². The minimum absolute atomic E-state index is 0.0966. The first kappa shape index (κ1) is 44.6. The number of nitrogens with zero attached hydrogens (tertiary/aromatic N) is 6. The van der Waals surface area contributed by atoms with Gasteiger partial charge in [-0.25, -0.2) is 9.97 Å². The highest BCUT2D eigenvalue weighted by Gasteiger charge is 2.35. The monoisotopic (exact) mass is 969 g/mol. The lowest BCUT2D eigenvalue weighted by Crippen LogP contribution is -2.11. The summed E-state index contributed by atoms with van der Waals surface area (Å²) in [4.78, 5) is 11.9. The number of aromatic nitrogens is 6. The van der Waals surface area contributed by atoms with Crippen LogP contribution in [0.3, 0.4) is 0 Å². The fraction of sp³-hybridized carbons (Fsp3) is 0.353. The number of aryl methyl sites for hydroxylation is 4. The molecule has 2 fully saturated rings. The van der Waals surface area contributed by atoms with Crippen LogP contribution in [0.25, 0.3) is 111 Å². The molecule has 2 aliphatic rings. The highest BCUT2D eigenvalue weighted by Crippen LogP contribution is 2.52. The molecule has 7 aromatic carbocycles. The quantitative estimate of drug-likeness (QED) is 0.176. The maximum atomic E-state index is 5.97. The lowest BCUT2D eigenvalue weighted by atomic mass is 9.83. The van der Waals surface area contributed by atoms with Crippen molar-refractivity contribution >= 4 is 88.3 Å². The normalized spacial score (nSPS) is 16.1. The van der Waals surface area contributed by atoms with Gasteiger partial charge in [-0.3, -0.25) is 17.6 Å². The van der Waals surface area contributed by atoms with Crippen LogP contribution in [-0.4, -0.2) is 27.6 Å². The molecule has 74 heavy (non-hydrogen) atoms. The molecule has 0 unspecified atom stereocenters. The highest BCUT2D eigenvalue weighted by molar-refractivity contribution is 6.37. The van der Waals surface area contributed by atoms with Crippen molar-refractivity contribution in [2.45, 2.75) is 156 Å². The van der Waals surface area contributed by atoms with Crippen molar-refractivity contribution in [1.29, 1.82) is 0 Å². The third-order valence-electron chi connectivity index (χ3n) is 18.6. The van der Waals surface area contributed by atoms with Crippen LogP contribution in [0.15, 0.2) is 97.1 Å². The van der Waals surface area contributed by atoms with E-state index >= 15 is 0 Å². The Bertz CT molecular complexity index is 4170. The van der Waals surface area contributed by atoms with Gasteiger partial charge in [0, 0.05) is 32.7 Å². The van der Waals surface area contributed by atoms with Crippen LogP contribution in [0.2, 0.25) is 0 Å². The molecule has 0 atom stereocenters. The molecule has 0 aliphatic heterocycles. The Morgan fingerprint density at radius 3 is 1.11 bits per heavy atom. The van der Waals surface area contributed by atoms with E-state index in [-0.39, 0.29) is 10.8 Å². The number of fused-ring (bicyclic) bond motifs is 18. The summed E-state index contributed by atoms with van der Waals surface area (Å²) in [7, 11) is 0. The molecule has 370 valence electrons. The Morgan fingerprint density at radius 1 is 0.405 bits per heavy atom. The fourth-order valence-corrected chi connectivity index (χ4v) is 14.8. The third-order valence-corrected chi connectivity index (χ3v) is 18.6. The summed E-state index contributed by atoms with van der Waals surface area (Å²) in [6, 6.07) is 38.5. The van der Waals surface area contributed by atoms with Gasteiger partial charge < -0.3 is 0 Å². The first-order valence-corrected chi connectivity index (χ1v) is 28.1. The smallest absolute Gasteiger partial charge is 0.220 e. The summed E-state index contributed by atoms with van der Waals surface area (Å²) in [5.41, 5.74) is 27.5. The predicted molar refractivity (Wildman–Crippen MR) is 312 cm³/mol. The van der Waals surface area contributed by atoms with E-state index in [1.807, 2.05) is 0 Å². The molecule has 6 heteroatoms. The highest BCUT2D eigenvalue weighted by atomic mass is 15.2. The zero-order valence-corrected chi connectivity index (χ0v) is 45.1. The standard InChI is InChI=1S/C68H68N6/c1-37-19-17-20-38(2)55(37)49-33-45(67(5,6)7)35-53-59(49)69-65-71-51-29-27-43(41-23-13-11-14-24-41)31-47(51)58-61(71)63(73(53)65)57-48-32-44(42-25-15-12-16-26-42)28-30-52(48)72-62(57)64(58)74-54-36-46(68(8,9)10)34-50(60(54)70-66(72)74)56-39(3)21-18-22-40(56)4/h17-22,27-36,41-42H,11-16,23-26H2,1-10H3. The number of hydrogen-bond acceptors (Lipinski definition) is 2. The van der Waals surface area contributed by atoms with Crippen LogP contribution in [0.4, 0.5) is 0 Å². The zero-order chi connectivity index (χ0) is 50.4. The van der Waals surface area contributed by atoms with Gasteiger partial charge in [-0.15, -0.1) is 0 Å². The molecule has 13 aromatic rings. The van der Waals surface area contributed by atoms with Crippen molar-refractivity contribution < 1.29 is 0 Å². The minimum atomic E-state index is -0.0966. The van der Waals surface area contributed by atoms with Gasteiger partial charge in [0.15, 0.2) is 0 Å². The Balaban J connectivity index is 1.21. The van der Waals surface area contributed by atoms with Gasteiger partial charge in [0.25, 0.3) is 0 Å². The molecule has 0 N–H and O–H groups in total. The van der Waals surface area contributed by atoms with Gasteiger partial charge in [-0.1, -0.05) is 129 Å². The third kappa shape index (κ3) is 6.00. The Labute approximate surface area is 433 Å². The summed E-state index contributed by atoms with van der Waals surface area (Å²) in [5.74, 6) is 3.11. The lowest BCUT2D eigenvalue weighted by molar-refractivity contribution is 0.444. The number of rotatable bonds is 4. The topological polar surface area (TPSA) is 43.4 Å². The van der Waals surface area contributed by atoms with Crippen molar-refractivity contribution in [2.75, 3.05) is 0 Å². The second-order valence-corrected chi connectivity index (χ2v) is 25.3. The average Bonchev–Trinajstić information content (AvgIpc) is 4.24. The Hall–Kier alpha value is -6.92. The maximum absolute atomic E-state index is 5.97. The first-order chi connectivity index (χ1) is 35.7. The molecule has 6 aromatic heterocycles. The zero-order valence-electron chi connectivity index (χ0n) is 45.1. The van der Waals surface area contributed by atoms with Crippen molar-refractivity contribution in [1.82, 2.24) is 27.6 Å². The molecule has 15 rings (SSSR count). The van der Waals surface area contributed by atoms with E-state index in [9.17, 15) is 0 Å². The van der Waals surface area contributed by atoms with Crippen LogP contribution >= 0.6 is 0 Å². The molecule has 6 nitrogen and oxygen atoms in total. The Morgan fingerprint density at radius 2 is 0.757 bits per heavy atom. The van der Waals surface area contributed by atoms with Crippen LogP contribution in [0.5, 0.6) is 0 Å². The largest absolute Gasteiger partial charge is 0.277 e. The molecular formula is C68H68N6. The van der Waals surface area contributed by atoms with Gasteiger partial charge in [0.05, 0.1) is 55.2 Å². The summed E-state index contributed by atoms with van der Waals surface area (Å²) >= 11 is 0. The van der Waals surface area contributed by atoms with E-state index in [0.717, 1.165) is 22.6 Å². The lowest BCUT2D eigenvalue weighted by Gasteiger charge is -2.22. The molecule has 0 amide bonds. The number of hydrogen-bond donors (Lipinski definition) is 0. The molecule has 6 heterocycles. The molecule has 0 spiro atoms. The molecule has 0 bridgehead atoms. The maximum Gasteiger partial charge on any atom is 0.220 e.